The zero-order chi connectivity index (χ0) is 12.0. The summed E-state index contributed by atoms with van der Waals surface area (Å²) in [5.41, 5.74) is 0.221. The second kappa shape index (κ2) is 6.29. The van der Waals surface area contributed by atoms with Gasteiger partial charge in [0.1, 0.15) is 6.61 Å². The Morgan fingerprint density at radius 2 is 1.88 bits per heavy atom. The van der Waals surface area contributed by atoms with E-state index in [-0.39, 0.29) is 5.41 Å². The number of nitrogens with zero attached hydrogens (tertiary/aromatic N) is 1. The van der Waals surface area contributed by atoms with Crippen LogP contribution in [0.15, 0.2) is 11.8 Å². The standard InChI is InChI=1S/C14H27NO/c1-5-13(12-14(2,3)4)16-11-10-15-8-6-7-9-15/h12H,5-11H2,1-4H3/b13-12+. The second-order valence-corrected chi connectivity index (χ2v) is 5.73. The third-order valence-corrected chi connectivity index (χ3v) is 2.84. The van der Waals surface area contributed by atoms with Crippen LogP contribution in [-0.4, -0.2) is 31.1 Å². The summed E-state index contributed by atoms with van der Waals surface area (Å²) in [6.07, 6.45) is 5.96. The lowest BCUT2D eigenvalue weighted by Gasteiger charge is -2.19. The van der Waals surface area contributed by atoms with Crippen LogP contribution >= 0.6 is 0 Å². The molecule has 94 valence electrons. The van der Waals surface area contributed by atoms with E-state index in [1.165, 1.54) is 25.9 Å². The van der Waals surface area contributed by atoms with Gasteiger partial charge in [0.25, 0.3) is 0 Å². The first-order valence-electron chi connectivity index (χ1n) is 6.58. The van der Waals surface area contributed by atoms with Crippen LogP contribution in [0.3, 0.4) is 0 Å². The van der Waals surface area contributed by atoms with Gasteiger partial charge in [-0.25, -0.2) is 0 Å². The van der Waals surface area contributed by atoms with Gasteiger partial charge >= 0.3 is 0 Å². The highest BCUT2D eigenvalue weighted by molar-refractivity contribution is 4.99. The molecule has 1 saturated heterocycles. The highest BCUT2D eigenvalue weighted by Gasteiger charge is 2.12. The first-order valence-corrected chi connectivity index (χ1v) is 6.58. The molecule has 1 heterocycles. The summed E-state index contributed by atoms with van der Waals surface area (Å²) in [4.78, 5) is 2.49. The van der Waals surface area contributed by atoms with Crippen molar-refractivity contribution in [3.8, 4) is 0 Å². The molecule has 0 spiro atoms. The average Bonchev–Trinajstić information content (AvgIpc) is 2.67. The normalized spacial score (nSPS) is 19.1. The second-order valence-electron chi connectivity index (χ2n) is 5.73. The van der Waals surface area contributed by atoms with Gasteiger partial charge in [0.2, 0.25) is 0 Å². The van der Waals surface area contributed by atoms with Gasteiger partial charge in [0, 0.05) is 13.0 Å². The first-order chi connectivity index (χ1) is 7.51. The lowest BCUT2D eigenvalue weighted by atomic mass is 9.95. The van der Waals surface area contributed by atoms with Gasteiger partial charge in [-0.15, -0.1) is 0 Å². The Hall–Kier alpha value is -0.500. The van der Waals surface area contributed by atoms with Crippen LogP contribution in [0.5, 0.6) is 0 Å². The van der Waals surface area contributed by atoms with Crippen molar-refractivity contribution in [3.63, 3.8) is 0 Å². The lowest BCUT2D eigenvalue weighted by molar-refractivity contribution is 0.163. The highest BCUT2D eigenvalue weighted by Crippen LogP contribution is 2.19. The summed E-state index contributed by atoms with van der Waals surface area (Å²) in [5, 5.41) is 0. The number of likely N-dealkylation sites (tertiary alicyclic amines) is 1. The predicted octanol–water partition coefficient (Wildman–Crippen LogP) is 3.44. The molecule has 0 radical (unpaired) electrons. The van der Waals surface area contributed by atoms with Crippen LogP contribution in [0.4, 0.5) is 0 Å². The van der Waals surface area contributed by atoms with E-state index >= 15 is 0 Å². The maximum Gasteiger partial charge on any atom is 0.100 e. The van der Waals surface area contributed by atoms with Crippen molar-refractivity contribution in [1.82, 2.24) is 4.90 Å². The maximum absolute atomic E-state index is 5.85. The molecule has 0 aliphatic carbocycles. The molecule has 1 rings (SSSR count). The number of hydrogen-bond acceptors (Lipinski definition) is 2. The molecule has 1 aliphatic rings. The predicted molar refractivity (Wildman–Crippen MR) is 69.5 cm³/mol. The third kappa shape index (κ3) is 5.55. The van der Waals surface area contributed by atoms with E-state index in [2.05, 4.69) is 38.7 Å². The summed E-state index contributed by atoms with van der Waals surface area (Å²) in [6.45, 7) is 13.2. The SMILES string of the molecule is CC/C(=C\C(C)(C)C)OCCN1CCCC1. The van der Waals surface area contributed by atoms with Crippen molar-refractivity contribution >= 4 is 0 Å². The topological polar surface area (TPSA) is 12.5 Å². The molecule has 16 heavy (non-hydrogen) atoms. The molecule has 0 aromatic heterocycles. The van der Waals surface area contributed by atoms with E-state index in [4.69, 9.17) is 4.74 Å². The Morgan fingerprint density at radius 1 is 1.25 bits per heavy atom. The molecule has 0 aromatic carbocycles. The van der Waals surface area contributed by atoms with E-state index in [1.807, 2.05) is 0 Å². The Balaban J connectivity index is 2.25. The third-order valence-electron chi connectivity index (χ3n) is 2.84. The Morgan fingerprint density at radius 3 is 2.38 bits per heavy atom. The van der Waals surface area contributed by atoms with Crippen LogP contribution in [0, 0.1) is 5.41 Å². The van der Waals surface area contributed by atoms with Gasteiger partial charge in [-0.3, -0.25) is 4.90 Å². The fourth-order valence-electron chi connectivity index (χ4n) is 2.04. The van der Waals surface area contributed by atoms with Crippen LogP contribution in [0.2, 0.25) is 0 Å². The summed E-state index contributed by atoms with van der Waals surface area (Å²) < 4.78 is 5.85. The molecule has 0 unspecified atom stereocenters. The summed E-state index contributed by atoms with van der Waals surface area (Å²) >= 11 is 0. The van der Waals surface area contributed by atoms with Gasteiger partial charge in [0.15, 0.2) is 0 Å². The van der Waals surface area contributed by atoms with Gasteiger partial charge in [-0.2, -0.15) is 0 Å². The van der Waals surface area contributed by atoms with Crippen molar-refractivity contribution in [3.05, 3.63) is 11.8 Å². The average molecular weight is 225 g/mol. The smallest absolute Gasteiger partial charge is 0.100 e. The van der Waals surface area contributed by atoms with Crippen molar-refractivity contribution in [2.45, 2.75) is 47.0 Å². The quantitative estimate of drug-likeness (QED) is 0.665. The molecule has 0 aromatic rings. The number of ether oxygens (including phenoxy) is 1. The molecule has 0 amide bonds. The molecule has 2 nitrogen and oxygen atoms in total. The largest absolute Gasteiger partial charge is 0.497 e. The number of rotatable bonds is 5. The lowest BCUT2D eigenvalue weighted by Crippen LogP contribution is -2.24. The van der Waals surface area contributed by atoms with Crippen LogP contribution < -0.4 is 0 Å². The molecule has 2 heteroatoms. The van der Waals surface area contributed by atoms with Gasteiger partial charge in [-0.1, -0.05) is 27.7 Å². The van der Waals surface area contributed by atoms with Gasteiger partial charge in [0.05, 0.1) is 5.76 Å². The van der Waals surface area contributed by atoms with Crippen molar-refractivity contribution in [2.75, 3.05) is 26.2 Å². The van der Waals surface area contributed by atoms with Crippen LogP contribution in [0.1, 0.15) is 47.0 Å². The zero-order valence-electron chi connectivity index (χ0n) is 11.4. The summed E-state index contributed by atoms with van der Waals surface area (Å²) in [7, 11) is 0. The maximum atomic E-state index is 5.85. The number of hydrogen-bond donors (Lipinski definition) is 0. The minimum absolute atomic E-state index is 0.221. The molecular formula is C14H27NO. The summed E-state index contributed by atoms with van der Waals surface area (Å²) in [5.74, 6) is 1.15. The zero-order valence-corrected chi connectivity index (χ0v) is 11.4. The van der Waals surface area contributed by atoms with Crippen LogP contribution in [-0.2, 0) is 4.74 Å². The Bertz CT molecular complexity index is 221. The van der Waals surface area contributed by atoms with Crippen molar-refractivity contribution < 1.29 is 4.74 Å². The van der Waals surface area contributed by atoms with Crippen molar-refractivity contribution in [2.24, 2.45) is 5.41 Å². The van der Waals surface area contributed by atoms with E-state index in [1.54, 1.807) is 0 Å². The fraction of sp³-hybridized carbons (Fsp3) is 0.857. The molecule has 0 N–H and O–H groups in total. The molecule has 1 fully saturated rings. The Labute approximate surface area is 101 Å². The monoisotopic (exact) mass is 225 g/mol. The highest BCUT2D eigenvalue weighted by atomic mass is 16.5. The molecule has 0 saturated carbocycles. The van der Waals surface area contributed by atoms with Gasteiger partial charge in [-0.05, 0) is 37.4 Å². The molecular weight excluding hydrogens is 198 g/mol. The molecule has 1 aliphatic heterocycles. The Kier molecular flexibility index (Phi) is 5.33. The molecule has 0 atom stereocenters. The van der Waals surface area contributed by atoms with Crippen molar-refractivity contribution in [1.29, 1.82) is 0 Å². The minimum atomic E-state index is 0.221. The van der Waals surface area contributed by atoms with E-state index < -0.39 is 0 Å². The fourth-order valence-corrected chi connectivity index (χ4v) is 2.04. The number of allylic oxidation sites excluding steroid dienone is 2. The summed E-state index contributed by atoms with van der Waals surface area (Å²) in [6, 6.07) is 0. The molecule has 0 bridgehead atoms. The van der Waals surface area contributed by atoms with Crippen LogP contribution in [0.25, 0.3) is 0 Å². The van der Waals surface area contributed by atoms with E-state index in [0.29, 0.717) is 0 Å². The van der Waals surface area contributed by atoms with E-state index in [0.717, 1.165) is 25.3 Å². The van der Waals surface area contributed by atoms with E-state index in [9.17, 15) is 0 Å². The minimum Gasteiger partial charge on any atom is -0.497 e. The first kappa shape index (κ1) is 13.6. The van der Waals surface area contributed by atoms with Gasteiger partial charge < -0.3 is 4.74 Å².